The molecular formula is C17H15F3N2O3. The summed E-state index contributed by atoms with van der Waals surface area (Å²) in [6.45, 7) is 1.17. The maximum Gasteiger partial charge on any atom is 0.257 e. The lowest BCUT2D eigenvalue weighted by atomic mass is 10.1. The fourth-order valence-electron chi connectivity index (χ4n) is 1.98. The van der Waals surface area contributed by atoms with Gasteiger partial charge in [-0.3, -0.25) is 9.59 Å². The van der Waals surface area contributed by atoms with E-state index >= 15 is 0 Å². The lowest BCUT2D eigenvalue weighted by molar-refractivity contribution is -0.119. The summed E-state index contributed by atoms with van der Waals surface area (Å²) in [6.07, 6.45) is 0. The van der Waals surface area contributed by atoms with Crippen molar-refractivity contribution in [2.45, 2.75) is 19.6 Å². The van der Waals surface area contributed by atoms with Crippen LogP contribution < -0.4 is 15.8 Å². The molecule has 132 valence electrons. The van der Waals surface area contributed by atoms with Crippen molar-refractivity contribution in [1.82, 2.24) is 5.32 Å². The normalized spacial score (nSPS) is 11.7. The molecule has 0 saturated heterocycles. The molecule has 1 atom stereocenters. The third-order valence-electron chi connectivity index (χ3n) is 3.31. The summed E-state index contributed by atoms with van der Waals surface area (Å²) >= 11 is 0. The van der Waals surface area contributed by atoms with Crippen molar-refractivity contribution in [2.75, 3.05) is 0 Å². The third kappa shape index (κ3) is 4.72. The average Bonchev–Trinajstić information content (AvgIpc) is 2.52. The van der Waals surface area contributed by atoms with Crippen molar-refractivity contribution < 1.29 is 27.5 Å². The van der Waals surface area contributed by atoms with Crippen molar-refractivity contribution in [3.63, 3.8) is 0 Å². The van der Waals surface area contributed by atoms with Gasteiger partial charge in [0.15, 0.2) is 0 Å². The van der Waals surface area contributed by atoms with Crippen molar-refractivity contribution in [3.8, 4) is 5.75 Å². The molecule has 2 aromatic rings. The number of amides is 2. The predicted octanol–water partition coefficient (Wildman–Crippen LogP) is 2.29. The van der Waals surface area contributed by atoms with Crippen LogP contribution in [0.15, 0.2) is 36.4 Å². The van der Waals surface area contributed by atoms with E-state index in [1.54, 1.807) is 6.07 Å². The Bertz CT molecular complexity index is 788. The molecule has 0 saturated carbocycles. The number of rotatable bonds is 6. The number of benzene rings is 2. The number of nitrogens with two attached hydrogens (primary N) is 1. The highest BCUT2D eigenvalue weighted by Crippen LogP contribution is 2.22. The van der Waals surface area contributed by atoms with Crippen molar-refractivity contribution in [2.24, 2.45) is 5.73 Å². The molecule has 0 aliphatic rings. The topological polar surface area (TPSA) is 81.4 Å². The van der Waals surface area contributed by atoms with E-state index in [4.69, 9.17) is 10.5 Å². The number of nitrogens with one attached hydrogen (secondary N) is 1. The minimum Gasteiger partial charge on any atom is -0.489 e. The maximum atomic E-state index is 14.0. The number of primary amides is 1. The standard InChI is InChI=1S/C17H15F3N2O3/c1-9(16(21)23)22-17(24)15-13(19)6-12(7-14(15)20)25-8-10-3-2-4-11(18)5-10/h2-7,9H,8H2,1H3,(H2,21,23)(H,22,24)/t9-/m1/s1. The monoisotopic (exact) mass is 352 g/mol. The number of carbonyl (C=O) groups excluding carboxylic acids is 2. The molecular weight excluding hydrogens is 337 g/mol. The first-order chi connectivity index (χ1) is 11.8. The first-order valence-corrected chi connectivity index (χ1v) is 7.24. The molecule has 0 spiro atoms. The molecule has 8 heteroatoms. The molecule has 0 aliphatic carbocycles. The second kappa shape index (κ2) is 7.69. The van der Waals surface area contributed by atoms with Crippen LogP contribution in [0, 0.1) is 17.5 Å². The Labute approximate surface area is 141 Å². The molecule has 0 aliphatic heterocycles. The average molecular weight is 352 g/mol. The second-order valence-corrected chi connectivity index (χ2v) is 5.28. The van der Waals surface area contributed by atoms with Crippen molar-refractivity contribution >= 4 is 11.8 Å². The highest BCUT2D eigenvalue weighted by molar-refractivity contribution is 5.97. The number of ether oxygens (including phenoxy) is 1. The predicted molar refractivity (Wildman–Crippen MR) is 83.2 cm³/mol. The SMILES string of the molecule is C[C@@H](NC(=O)c1c(F)cc(OCc2cccc(F)c2)cc1F)C(N)=O. The number of hydrogen-bond acceptors (Lipinski definition) is 3. The Balaban J connectivity index is 2.13. The van der Waals surface area contributed by atoms with Gasteiger partial charge in [-0.25, -0.2) is 13.2 Å². The summed E-state index contributed by atoms with van der Waals surface area (Å²) in [5.74, 6) is -4.91. The molecule has 3 N–H and O–H groups in total. The van der Waals surface area contributed by atoms with Gasteiger partial charge in [-0.05, 0) is 24.6 Å². The van der Waals surface area contributed by atoms with Crippen LogP contribution in [-0.2, 0) is 11.4 Å². The van der Waals surface area contributed by atoms with Gasteiger partial charge in [0, 0.05) is 12.1 Å². The smallest absolute Gasteiger partial charge is 0.257 e. The molecule has 0 heterocycles. The number of carbonyl (C=O) groups is 2. The maximum absolute atomic E-state index is 14.0. The Morgan fingerprint density at radius 2 is 1.80 bits per heavy atom. The highest BCUT2D eigenvalue weighted by atomic mass is 19.1. The zero-order valence-corrected chi connectivity index (χ0v) is 13.2. The minimum atomic E-state index is -1.16. The minimum absolute atomic E-state index is 0.110. The third-order valence-corrected chi connectivity index (χ3v) is 3.31. The van der Waals surface area contributed by atoms with Crippen LogP contribution in [0.1, 0.15) is 22.8 Å². The van der Waals surface area contributed by atoms with Gasteiger partial charge in [0.25, 0.3) is 5.91 Å². The molecule has 0 radical (unpaired) electrons. The Morgan fingerprint density at radius 1 is 1.16 bits per heavy atom. The Kier molecular flexibility index (Phi) is 5.63. The quantitative estimate of drug-likeness (QED) is 0.837. The van der Waals surface area contributed by atoms with Crippen LogP contribution >= 0.6 is 0 Å². The van der Waals surface area contributed by atoms with Crippen LogP contribution in [0.2, 0.25) is 0 Å². The summed E-state index contributed by atoms with van der Waals surface area (Å²) in [7, 11) is 0. The van der Waals surface area contributed by atoms with Gasteiger partial charge in [-0.2, -0.15) is 0 Å². The van der Waals surface area contributed by atoms with Gasteiger partial charge in [0.1, 0.15) is 41.4 Å². The van der Waals surface area contributed by atoms with E-state index in [0.29, 0.717) is 5.56 Å². The fourth-order valence-corrected chi connectivity index (χ4v) is 1.98. The zero-order chi connectivity index (χ0) is 18.6. The van der Waals surface area contributed by atoms with Gasteiger partial charge >= 0.3 is 0 Å². The van der Waals surface area contributed by atoms with E-state index in [9.17, 15) is 22.8 Å². The molecule has 0 fully saturated rings. The van der Waals surface area contributed by atoms with Crippen molar-refractivity contribution in [1.29, 1.82) is 0 Å². The first kappa shape index (κ1) is 18.3. The molecule has 2 aromatic carbocycles. The van der Waals surface area contributed by atoms with Crippen LogP contribution in [0.25, 0.3) is 0 Å². The van der Waals surface area contributed by atoms with E-state index in [-0.39, 0.29) is 12.4 Å². The molecule has 0 unspecified atom stereocenters. The molecule has 0 bridgehead atoms. The van der Waals surface area contributed by atoms with Crippen LogP contribution in [-0.4, -0.2) is 17.9 Å². The summed E-state index contributed by atoms with van der Waals surface area (Å²) in [5, 5.41) is 2.08. The fraction of sp³-hybridized carbons (Fsp3) is 0.176. The van der Waals surface area contributed by atoms with Gasteiger partial charge in [0.2, 0.25) is 5.91 Å². The summed E-state index contributed by atoms with van der Waals surface area (Å²) in [4.78, 5) is 22.8. The summed E-state index contributed by atoms with van der Waals surface area (Å²) < 4.78 is 46.4. The van der Waals surface area contributed by atoms with Crippen LogP contribution in [0.3, 0.4) is 0 Å². The lowest BCUT2D eigenvalue weighted by Crippen LogP contribution is -2.42. The van der Waals surface area contributed by atoms with E-state index in [1.807, 2.05) is 0 Å². The zero-order valence-electron chi connectivity index (χ0n) is 13.2. The molecule has 2 amide bonds. The van der Waals surface area contributed by atoms with E-state index < -0.39 is 40.9 Å². The van der Waals surface area contributed by atoms with E-state index in [0.717, 1.165) is 12.1 Å². The molecule has 2 rings (SSSR count). The summed E-state index contributed by atoms with van der Waals surface area (Å²) in [6, 6.07) is 6.10. The van der Waals surface area contributed by atoms with Crippen LogP contribution in [0.4, 0.5) is 13.2 Å². The number of halogens is 3. The lowest BCUT2D eigenvalue weighted by Gasteiger charge is -2.13. The largest absolute Gasteiger partial charge is 0.489 e. The van der Waals surface area contributed by atoms with Gasteiger partial charge < -0.3 is 15.8 Å². The summed E-state index contributed by atoms with van der Waals surface area (Å²) in [5.41, 5.74) is 4.60. The van der Waals surface area contributed by atoms with E-state index in [2.05, 4.69) is 5.32 Å². The molecule has 5 nitrogen and oxygen atoms in total. The Morgan fingerprint density at radius 3 is 2.36 bits per heavy atom. The second-order valence-electron chi connectivity index (χ2n) is 5.28. The molecule has 25 heavy (non-hydrogen) atoms. The highest BCUT2D eigenvalue weighted by Gasteiger charge is 2.22. The first-order valence-electron chi connectivity index (χ1n) is 7.24. The van der Waals surface area contributed by atoms with Crippen molar-refractivity contribution in [3.05, 3.63) is 65.0 Å². The van der Waals surface area contributed by atoms with Crippen LogP contribution in [0.5, 0.6) is 5.75 Å². The van der Waals surface area contributed by atoms with E-state index in [1.165, 1.54) is 25.1 Å². The molecule has 0 aromatic heterocycles. The van der Waals surface area contributed by atoms with Gasteiger partial charge in [-0.1, -0.05) is 12.1 Å². The van der Waals surface area contributed by atoms with Gasteiger partial charge in [-0.15, -0.1) is 0 Å². The number of hydrogen-bond donors (Lipinski definition) is 2. The van der Waals surface area contributed by atoms with Gasteiger partial charge in [0.05, 0.1) is 0 Å². The Hall–Kier alpha value is -3.03.